The van der Waals surface area contributed by atoms with Crippen LogP contribution in [0.1, 0.15) is 5.56 Å². The van der Waals surface area contributed by atoms with Crippen molar-refractivity contribution in [2.24, 2.45) is 9.98 Å². The van der Waals surface area contributed by atoms with Crippen LogP contribution in [0, 0.1) is 0 Å². The van der Waals surface area contributed by atoms with Gasteiger partial charge in [-0.1, -0.05) is 30.3 Å². The fourth-order valence-electron chi connectivity index (χ4n) is 1.57. The zero-order chi connectivity index (χ0) is 13.7. The molecule has 0 fully saturated rings. The maximum atomic E-state index is 11.6. The van der Waals surface area contributed by atoms with Crippen LogP contribution in [0.25, 0.3) is 0 Å². The van der Waals surface area contributed by atoms with E-state index in [1.54, 1.807) is 0 Å². The van der Waals surface area contributed by atoms with Gasteiger partial charge >= 0.3 is 5.97 Å². The molecule has 0 aromatic heterocycles. The van der Waals surface area contributed by atoms with Crippen molar-refractivity contribution in [2.45, 2.75) is 12.7 Å². The molecule has 0 bridgehead atoms. The largest absolute Gasteiger partial charge is 0.464 e. The molecule has 1 aliphatic heterocycles. The molecule has 1 aromatic carbocycles. The van der Waals surface area contributed by atoms with Crippen LogP contribution in [0.5, 0.6) is 0 Å². The summed E-state index contributed by atoms with van der Waals surface area (Å²) in [7, 11) is 1.22. The van der Waals surface area contributed by atoms with Crippen molar-refractivity contribution in [3.05, 3.63) is 35.9 Å². The Hall–Kier alpha value is -2.34. The van der Waals surface area contributed by atoms with Gasteiger partial charge in [-0.25, -0.2) is 9.79 Å². The predicted molar refractivity (Wildman–Crippen MR) is 68.0 cm³/mol. The molecule has 1 heterocycles. The molecule has 6 nitrogen and oxygen atoms in total. The smallest absolute Gasteiger partial charge is 0.355 e. The highest BCUT2D eigenvalue weighted by molar-refractivity contribution is 6.44. The first-order chi connectivity index (χ1) is 9.22. The van der Waals surface area contributed by atoms with Crippen LogP contribution < -0.4 is 0 Å². The molecule has 0 saturated heterocycles. The van der Waals surface area contributed by atoms with Gasteiger partial charge in [-0.2, -0.15) is 4.99 Å². The fourth-order valence-corrected chi connectivity index (χ4v) is 1.57. The number of amides is 1. The summed E-state index contributed by atoms with van der Waals surface area (Å²) in [4.78, 5) is 30.4. The molecule has 98 valence electrons. The minimum absolute atomic E-state index is 0.0848. The molecule has 0 saturated carbocycles. The number of carbonyl (C=O) groups is 2. The van der Waals surface area contributed by atoms with E-state index in [1.807, 2.05) is 30.3 Å². The quantitative estimate of drug-likeness (QED) is 0.748. The fraction of sp³-hybridized carbons (Fsp3) is 0.231. The Labute approximate surface area is 109 Å². The van der Waals surface area contributed by atoms with Crippen molar-refractivity contribution < 1.29 is 19.1 Å². The minimum atomic E-state index is -1.11. The SMILES string of the molecule is COC(=O)C1=NC=NC(=O)[C@@H]1OCc1ccccc1. The van der Waals surface area contributed by atoms with Crippen LogP contribution in [0.3, 0.4) is 0 Å². The molecule has 0 radical (unpaired) electrons. The van der Waals surface area contributed by atoms with Gasteiger partial charge in [0.2, 0.25) is 0 Å². The molecular weight excluding hydrogens is 248 g/mol. The van der Waals surface area contributed by atoms with Gasteiger partial charge in [0.1, 0.15) is 6.34 Å². The van der Waals surface area contributed by atoms with E-state index in [2.05, 4.69) is 14.7 Å². The predicted octanol–water partition coefficient (Wildman–Crippen LogP) is 0.754. The van der Waals surface area contributed by atoms with E-state index in [-0.39, 0.29) is 12.3 Å². The van der Waals surface area contributed by atoms with E-state index in [4.69, 9.17) is 4.74 Å². The lowest BCUT2D eigenvalue weighted by molar-refractivity contribution is -0.136. The van der Waals surface area contributed by atoms with E-state index >= 15 is 0 Å². The summed E-state index contributed by atoms with van der Waals surface area (Å²) in [5.41, 5.74) is 0.799. The summed E-state index contributed by atoms with van der Waals surface area (Å²) < 4.78 is 9.98. The molecule has 0 spiro atoms. The van der Waals surface area contributed by atoms with Crippen molar-refractivity contribution in [1.29, 1.82) is 0 Å². The molecule has 1 aromatic rings. The van der Waals surface area contributed by atoms with E-state index in [1.165, 1.54) is 7.11 Å². The summed E-state index contributed by atoms with van der Waals surface area (Å²) in [6.45, 7) is 0.183. The Bertz CT molecular complexity index is 537. The summed E-state index contributed by atoms with van der Waals surface area (Å²) in [5.74, 6) is -1.26. The first-order valence-corrected chi connectivity index (χ1v) is 5.60. The molecular formula is C13H12N2O4. The van der Waals surface area contributed by atoms with Crippen molar-refractivity contribution in [1.82, 2.24) is 0 Å². The third kappa shape index (κ3) is 3.11. The van der Waals surface area contributed by atoms with Crippen molar-refractivity contribution in [2.75, 3.05) is 7.11 Å². The standard InChI is InChI=1S/C13H12N2O4/c1-18-13(17)10-11(12(16)15-8-14-10)19-7-9-5-3-2-4-6-9/h2-6,8,11H,7H2,1H3/t11-/m1/s1. The summed E-state index contributed by atoms with van der Waals surface area (Å²) in [6, 6.07) is 9.29. The Morgan fingerprint density at radius 2 is 2.05 bits per heavy atom. The van der Waals surface area contributed by atoms with Crippen LogP contribution in [-0.2, 0) is 25.7 Å². The van der Waals surface area contributed by atoms with Gasteiger partial charge in [0.15, 0.2) is 11.8 Å². The highest BCUT2D eigenvalue weighted by atomic mass is 16.5. The molecule has 0 unspecified atom stereocenters. The molecule has 1 atom stereocenters. The van der Waals surface area contributed by atoms with Crippen LogP contribution >= 0.6 is 0 Å². The van der Waals surface area contributed by atoms with Crippen LogP contribution in [0.15, 0.2) is 40.3 Å². The monoisotopic (exact) mass is 260 g/mol. The molecule has 2 rings (SSSR count). The molecule has 19 heavy (non-hydrogen) atoms. The van der Waals surface area contributed by atoms with Gasteiger partial charge in [-0.3, -0.25) is 4.79 Å². The molecule has 6 heteroatoms. The number of aliphatic imine (C=N–C) groups is 2. The van der Waals surface area contributed by atoms with Crippen LogP contribution in [-0.4, -0.2) is 37.1 Å². The number of rotatable bonds is 4. The molecule has 0 N–H and O–H groups in total. The highest BCUT2D eigenvalue weighted by Crippen LogP contribution is 2.09. The van der Waals surface area contributed by atoms with Crippen LogP contribution in [0.4, 0.5) is 0 Å². The minimum Gasteiger partial charge on any atom is -0.464 e. The number of hydrogen-bond donors (Lipinski definition) is 0. The number of hydrogen-bond acceptors (Lipinski definition) is 5. The lowest BCUT2D eigenvalue weighted by atomic mass is 10.2. The second kappa shape index (κ2) is 6.01. The zero-order valence-corrected chi connectivity index (χ0v) is 10.3. The normalized spacial score (nSPS) is 18.1. The third-order valence-corrected chi connectivity index (χ3v) is 2.51. The first-order valence-electron chi connectivity index (χ1n) is 5.60. The van der Waals surface area contributed by atoms with E-state index in [0.717, 1.165) is 11.9 Å². The van der Waals surface area contributed by atoms with E-state index in [0.29, 0.717) is 0 Å². The van der Waals surface area contributed by atoms with E-state index in [9.17, 15) is 9.59 Å². The van der Waals surface area contributed by atoms with Crippen molar-refractivity contribution in [3.63, 3.8) is 0 Å². The Morgan fingerprint density at radius 3 is 2.74 bits per heavy atom. The van der Waals surface area contributed by atoms with Gasteiger partial charge in [0, 0.05) is 0 Å². The zero-order valence-electron chi connectivity index (χ0n) is 10.3. The average molecular weight is 260 g/mol. The number of benzene rings is 1. The molecule has 0 aliphatic carbocycles. The summed E-state index contributed by atoms with van der Waals surface area (Å²) >= 11 is 0. The molecule has 1 amide bonds. The molecule has 1 aliphatic rings. The van der Waals surface area contributed by atoms with E-state index < -0.39 is 18.0 Å². The Balaban J connectivity index is 2.09. The Kier molecular flexibility index (Phi) is 4.15. The second-order valence-corrected chi connectivity index (χ2v) is 3.77. The Morgan fingerprint density at radius 1 is 1.32 bits per heavy atom. The number of ether oxygens (including phenoxy) is 2. The van der Waals surface area contributed by atoms with Crippen LogP contribution in [0.2, 0.25) is 0 Å². The van der Waals surface area contributed by atoms with Gasteiger partial charge in [-0.15, -0.1) is 0 Å². The van der Waals surface area contributed by atoms with Gasteiger partial charge < -0.3 is 9.47 Å². The number of nitrogens with zero attached hydrogens (tertiary/aromatic N) is 2. The average Bonchev–Trinajstić information content (AvgIpc) is 2.46. The maximum Gasteiger partial charge on any atom is 0.355 e. The number of methoxy groups -OCH3 is 1. The lowest BCUT2D eigenvalue weighted by Gasteiger charge is -2.17. The van der Waals surface area contributed by atoms with Gasteiger partial charge in [0.05, 0.1) is 13.7 Å². The lowest BCUT2D eigenvalue weighted by Crippen LogP contribution is -2.39. The number of esters is 1. The third-order valence-electron chi connectivity index (χ3n) is 2.51. The number of carbonyl (C=O) groups excluding carboxylic acids is 2. The summed E-state index contributed by atoms with van der Waals surface area (Å²) in [5, 5.41) is 0. The highest BCUT2D eigenvalue weighted by Gasteiger charge is 2.32. The summed E-state index contributed by atoms with van der Waals surface area (Å²) in [6.07, 6.45) is -0.0885. The first kappa shape index (κ1) is 13.1. The maximum absolute atomic E-state index is 11.6. The van der Waals surface area contributed by atoms with Gasteiger partial charge in [-0.05, 0) is 5.56 Å². The van der Waals surface area contributed by atoms with Gasteiger partial charge in [0.25, 0.3) is 5.91 Å². The van der Waals surface area contributed by atoms with Crippen molar-refractivity contribution in [3.8, 4) is 0 Å². The second-order valence-electron chi connectivity index (χ2n) is 3.77. The topological polar surface area (TPSA) is 77.3 Å². The van der Waals surface area contributed by atoms with Crippen molar-refractivity contribution >= 4 is 23.9 Å².